The summed E-state index contributed by atoms with van der Waals surface area (Å²) in [5.41, 5.74) is 20.6. The summed E-state index contributed by atoms with van der Waals surface area (Å²) in [5.74, 6) is -17.3. The summed E-state index contributed by atoms with van der Waals surface area (Å²) in [6, 6.07) is -1.22. The van der Waals surface area contributed by atoms with Gasteiger partial charge in [0.05, 0.1) is 36.8 Å². The third-order valence-corrected chi connectivity index (χ3v) is 26.0. The van der Waals surface area contributed by atoms with E-state index in [4.69, 9.17) is 17.2 Å². The van der Waals surface area contributed by atoms with Gasteiger partial charge in [-0.25, -0.2) is 4.98 Å². The van der Waals surface area contributed by atoms with E-state index in [0.29, 0.717) is 77.0 Å². The van der Waals surface area contributed by atoms with Crippen molar-refractivity contribution in [3.05, 3.63) is 120 Å². The topological polar surface area (TPSA) is 626 Å². The number of para-hydroxylation sites is 2. The number of aliphatic hydroxyl groups is 1. The minimum atomic E-state index is -1.90. The lowest BCUT2D eigenvalue weighted by atomic mass is 9.99. The van der Waals surface area contributed by atoms with Crippen LogP contribution in [0.25, 0.3) is 21.8 Å². The molecule has 16 amide bonds. The third kappa shape index (κ3) is 30.5. The first kappa shape index (κ1) is 108. The van der Waals surface area contributed by atoms with Gasteiger partial charge in [0, 0.05) is 112 Å². The van der Waals surface area contributed by atoms with Gasteiger partial charge in [0.1, 0.15) is 90.3 Å². The first-order valence-electron chi connectivity index (χ1n) is 46.9. The molecule has 0 aliphatic carbocycles. The number of likely N-dealkylation sites (N-methyl/N-ethyl adjacent to an activating group) is 3. The Morgan fingerprint density at radius 1 is 0.533 bits per heavy atom. The second-order valence-corrected chi connectivity index (χ2v) is 36.8. The Bertz CT molecular complexity index is 5190. The van der Waals surface area contributed by atoms with Gasteiger partial charge in [-0.3, -0.25) is 81.5 Å². The maximum absolute atomic E-state index is 15.9. The molecule has 3 aromatic heterocycles. The van der Waals surface area contributed by atoms with Gasteiger partial charge in [-0.1, -0.05) is 102 Å². The van der Waals surface area contributed by atoms with Crippen molar-refractivity contribution in [2.45, 2.75) is 260 Å². The standard InChI is InChI=1S/C94H134N22O20S/c1-9-11-28-74-87(129)106-67(38-53(3)4)84(126)111-73(82(124)101-48-78(97)119)50-137-51-79(120)103-70(39-55-31-33-59(117)34-32-55)90(132)112(6)54(5)81(123)109-72(44-80(121)122)93(135)115-37-21-30-75(115)88(130)108-69(42-58-47-98-52-102-58)86(128)105-66(27-18-20-36-96)92(134)116-49-60(118)43-77(116)89(131)107-68(40-56-45-99-63-24-15-13-22-61(56)63)85(127)104-65(26-17-19-35-95)83(125)110-71(41-57-46-100-64-25-16-14-23-62(57)64)91(133)114(8)76(29-12-10-2)94(136)113(74)7/h13-16,22-25,31-34,45-47,52-54,60,65-77,99-100,117-118H,9-12,17-21,26-30,35-44,48-51,95-96H2,1-8H3,(H2,97,119)(H,98,102)(H,101,124)(H,103,120)(H,104,127)(H,105,128)(H,106,129)(H,107,131)(H,108,130)(H,109,123)(H,110,125)(H,111,126)(H,121,122)/t54-,60+,65-,66-,67-,68-,69-,70-,71-,72-,73-,74-,75-,76-,77-/m0/s1. The van der Waals surface area contributed by atoms with E-state index >= 15 is 38.4 Å². The van der Waals surface area contributed by atoms with E-state index in [1.807, 2.05) is 32.0 Å². The van der Waals surface area contributed by atoms with Crippen molar-refractivity contribution < 1.29 is 96.8 Å². The summed E-state index contributed by atoms with van der Waals surface area (Å²) in [5, 5.41) is 60.6. The normalized spacial score (nSPS) is 24.6. The smallest absolute Gasteiger partial charge is 0.305 e. The first-order chi connectivity index (χ1) is 65.4. The lowest BCUT2D eigenvalue weighted by Gasteiger charge is -2.36. The number of thioether (sulfide) groups is 1. The predicted molar refractivity (Wildman–Crippen MR) is 508 cm³/mol. The zero-order chi connectivity index (χ0) is 99.9. The number of carbonyl (C=O) groups is 17. The van der Waals surface area contributed by atoms with Crippen LogP contribution in [0.3, 0.4) is 0 Å². The highest BCUT2D eigenvalue weighted by molar-refractivity contribution is 8.00. The van der Waals surface area contributed by atoms with E-state index in [-0.39, 0.29) is 127 Å². The Morgan fingerprint density at radius 2 is 1.05 bits per heavy atom. The summed E-state index contributed by atoms with van der Waals surface area (Å²) in [7, 11) is 4.01. The van der Waals surface area contributed by atoms with Crippen LogP contribution in [0.15, 0.2) is 97.7 Å². The molecule has 6 heterocycles. The zero-order valence-corrected chi connectivity index (χ0v) is 79.7. The summed E-state index contributed by atoms with van der Waals surface area (Å²) in [4.78, 5) is 271. The number of carboxylic acids is 1. The number of rotatable bonds is 29. The molecule has 9 rings (SSSR count). The molecular formula is C94H134N22O20S. The van der Waals surface area contributed by atoms with Crippen LogP contribution >= 0.6 is 11.8 Å². The summed E-state index contributed by atoms with van der Waals surface area (Å²) < 4.78 is 0. The Morgan fingerprint density at radius 3 is 1.64 bits per heavy atom. The number of imidazole rings is 1. The third-order valence-electron chi connectivity index (χ3n) is 25.0. The monoisotopic (exact) mass is 1920 g/mol. The van der Waals surface area contributed by atoms with Gasteiger partial charge in [0.2, 0.25) is 94.5 Å². The van der Waals surface area contributed by atoms with E-state index < -0.39 is 222 Å². The SMILES string of the molecule is CCCC[C@H]1C(=O)N(C)[C@@H](CCCC)C(=O)N[C@@H](CC(C)C)C(=O)N[C@H](C(=O)NCC(N)=O)CSCC(=O)N[C@@H](Cc2ccc(O)cc2)C(=O)N(C)[C@@H](C)C(=O)N[C@@H](CC(=O)O)C(=O)N2CCC[C@H]2C(=O)N[C@@H](Cc2c[nH]cn2)C(=O)N[C@@H](CCCCN)C(=O)N2C[C@H](O)C[C@H]2C(=O)N[C@@H](Cc2c[nH]c3ccccc23)C(=O)N[C@@H](CCCCN)C(=O)N[C@@H](Cc2c[nH]c3ccccc23)C(=O)N1C. The van der Waals surface area contributed by atoms with Gasteiger partial charge in [0.25, 0.3) is 0 Å². The zero-order valence-electron chi connectivity index (χ0n) is 78.9. The number of phenolic OH excluding ortho intramolecular Hbond substituents is 1. The molecule has 3 fully saturated rings. The number of phenols is 1. The molecule has 3 aromatic carbocycles. The number of nitrogens with two attached hydrogens (primary N) is 3. The maximum atomic E-state index is 15.9. The van der Waals surface area contributed by atoms with Crippen LogP contribution < -0.4 is 70.4 Å². The lowest BCUT2D eigenvalue weighted by Crippen LogP contribution is -2.61. The van der Waals surface area contributed by atoms with Crippen LogP contribution in [0.4, 0.5) is 0 Å². The van der Waals surface area contributed by atoms with Gasteiger partial charge in [-0.15, -0.1) is 11.8 Å². The Kier molecular flexibility index (Phi) is 41.1. The molecule has 746 valence electrons. The molecule has 3 saturated heterocycles. The number of unbranched alkanes of at least 4 members (excludes halogenated alkanes) is 4. The number of nitrogens with zero attached hydrogens (tertiary/aromatic N) is 6. The number of aliphatic hydroxyl groups excluding tert-OH is 1. The van der Waals surface area contributed by atoms with Gasteiger partial charge < -0.3 is 125 Å². The molecule has 0 bridgehead atoms. The van der Waals surface area contributed by atoms with Crippen LogP contribution in [-0.4, -0.2) is 316 Å². The van der Waals surface area contributed by atoms with Crippen LogP contribution in [0.5, 0.6) is 5.75 Å². The number of nitrogens with one attached hydrogen (secondary N) is 13. The number of carboxylic acid groups (broad SMARTS) is 1. The van der Waals surface area contributed by atoms with E-state index in [1.54, 1.807) is 56.6 Å². The van der Waals surface area contributed by atoms with Crippen LogP contribution in [0.1, 0.15) is 166 Å². The molecule has 43 heteroatoms. The molecule has 15 atom stereocenters. The first-order valence-corrected chi connectivity index (χ1v) is 48.0. The second kappa shape index (κ2) is 52.3. The quantitative estimate of drug-likeness (QED) is 0.0267. The largest absolute Gasteiger partial charge is 0.508 e. The van der Waals surface area contributed by atoms with Crippen molar-refractivity contribution in [1.29, 1.82) is 0 Å². The van der Waals surface area contributed by atoms with Crippen molar-refractivity contribution >= 4 is 134 Å². The number of amides is 16. The number of benzene rings is 3. The summed E-state index contributed by atoms with van der Waals surface area (Å²) in [6.45, 7) is 7.55. The number of hydrogen-bond donors (Lipinski definition) is 19. The molecule has 6 aromatic rings. The number of aliphatic carboxylic acids is 1. The molecule has 22 N–H and O–H groups in total. The van der Waals surface area contributed by atoms with E-state index in [0.717, 1.165) is 26.5 Å². The van der Waals surface area contributed by atoms with E-state index in [1.165, 1.54) is 74.7 Å². The molecule has 0 radical (unpaired) electrons. The fourth-order valence-electron chi connectivity index (χ4n) is 17.3. The molecule has 3 aliphatic heterocycles. The Hall–Kier alpha value is -13.0. The van der Waals surface area contributed by atoms with Gasteiger partial charge in [0.15, 0.2) is 0 Å². The number of aromatic hydroxyl groups is 1. The van der Waals surface area contributed by atoms with Crippen molar-refractivity contribution in [3.63, 3.8) is 0 Å². The second-order valence-electron chi connectivity index (χ2n) is 35.8. The number of hydrogen-bond acceptors (Lipinski definition) is 23. The Balaban J connectivity index is 1.11. The highest BCUT2D eigenvalue weighted by Crippen LogP contribution is 2.29. The molecule has 42 nitrogen and oxygen atoms in total. The fourth-order valence-corrected chi connectivity index (χ4v) is 18.1. The van der Waals surface area contributed by atoms with Gasteiger partial charge in [-0.2, -0.15) is 0 Å². The molecule has 0 spiro atoms. The minimum Gasteiger partial charge on any atom is -0.508 e. The summed E-state index contributed by atoms with van der Waals surface area (Å²) >= 11 is 0.793. The van der Waals surface area contributed by atoms with Crippen LogP contribution in [0.2, 0.25) is 0 Å². The molecular weight excluding hydrogens is 1790 g/mol. The van der Waals surface area contributed by atoms with Crippen molar-refractivity contribution in [1.82, 2.24) is 97.6 Å². The minimum absolute atomic E-state index is 0.0398. The highest BCUT2D eigenvalue weighted by atomic mass is 32.2. The molecule has 0 saturated carbocycles. The highest BCUT2D eigenvalue weighted by Gasteiger charge is 2.47. The van der Waals surface area contributed by atoms with Crippen molar-refractivity contribution in [2.75, 3.05) is 65.4 Å². The van der Waals surface area contributed by atoms with E-state index in [9.17, 15) is 58.5 Å². The average Bonchev–Trinajstić information content (AvgIpc) is 1.75. The number of carbonyl (C=O) groups excluding carboxylic acids is 16. The fraction of sp³-hybridized carbons (Fsp3) is 0.553. The number of H-pyrrole nitrogens is 3. The summed E-state index contributed by atoms with van der Waals surface area (Å²) in [6.07, 6.45) is 5.18. The Labute approximate surface area is 799 Å². The van der Waals surface area contributed by atoms with Crippen LogP contribution in [-0.2, 0) is 107 Å². The van der Waals surface area contributed by atoms with Crippen LogP contribution in [0, 0.1) is 5.92 Å². The van der Waals surface area contributed by atoms with Crippen molar-refractivity contribution in [3.8, 4) is 5.75 Å². The van der Waals surface area contributed by atoms with E-state index in [2.05, 4.69) is 73.1 Å². The van der Waals surface area contributed by atoms with Crippen molar-refractivity contribution in [2.24, 2.45) is 23.1 Å². The van der Waals surface area contributed by atoms with Gasteiger partial charge in [-0.05, 0) is 138 Å². The predicted octanol–water partition coefficient (Wildman–Crippen LogP) is -0.327. The maximum Gasteiger partial charge on any atom is 0.305 e. The number of aromatic amines is 3. The molecule has 137 heavy (non-hydrogen) atoms. The molecule has 3 aliphatic rings. The number of fused-ring (bicyclic) bond motifs is 4. The number of primary amides is 1. The molecule has 0 unspecified atom stereocenters. The van der Waals surface area contributed by atoms with Gasteiger partial charge >= 0.3 is 5.97 Å². The average molecular weight is 1920 g/mol. The number of aromatic nitrogens is 4. The lowest BCUT2D eigenvalue weighted by molar-refractivity contribution is -0.149.